The molecule has 1 aromatic rings. The van der Waals surface area contributed by atoms with Crippen LogP contribution in [0.3, 0.4) is 0 Å². The summed E-state index contributed by atoms with van der Waals surface area (Å²) in [6, 6.07) is 3.01. The lowest BCUT2D eigenvalue weighted by Crippen LogP contribution is -2.42. The van der Waals surface area contributed by atoms with Gasteiger partial charge in [-0.1, -0.05) is 40.7 Å². The first kappa shape index (κ1) is 29.9. The highest BCUT2D eigenvalue weighted by Gasteiger charge is 2.36. The van der Waals surface area contributed by atoms with E-state index in [1.54, 1.807) is 33.8 Å². The average molecular weight is 496 g/mol. The summed E-state index contributed by atoms with van der Waals surface area (Å²) in [6.07, 6.45) is -0.749. The van der Waals surface area contributed by atoms with Crippen LogP contribution in [0.15, 0.2) is 18.2 Å². The van der Waals surface area contributed by atoms with Crippen LogP contribution < -0.4 is 15.2 Å². The molecule has 0 aliphatic carbocycles. The smallest absolute Gasteiger partial charge is 0.480 e. The molecule has 35 heavy (non-hydrogen) atoms. The van der Waals surface area contributed by atoms with Crippen LogP contribution in [0.4, 0.5) is 4.79 Å². The number of hydrogen-bond acceptors (Lipinski definition) is 9. The second kappa shape index (κ2) is 14.3. The molecular formula is C25H37NO9. The summed E-state index contributed by atoms with van der Waals surface area (Å²) in [7, 11) is 0. The number of rotatable bonds is 13. The molecule has 3 N–H and O–H groups in total. The molecule has 1 rings (SSSR count). The predicted molar refractivity (Wildman–Crippen MR) is 127 cm³/mol. The molecule has 0 spiro atoms. The van der Waals surface area contributed by atoms with Crippen molar-refractivity contribution >= 4 is 24.1 Å². The van der Waals surface area contributed by atoms with Crippen LogP contribution in [0.1, 0.15) is 72.3 Å². The van der Waals surface area contributed by atoms with E-state index in [0.29, 0.717) is 17.9 Å². The van der Waals surface area contributed by atoms with Crippen LogP contribution in [-0.4, -0.2) is 47.9 Å². The summed E-state index contributed by atoms with van der Waals surface area (Å²) in [5, 5.41) is 9.64. The van der Waals surface area contributed by atoms with Crippen LogP contribution in [0.5, 0.6) is 11.5 Å². The van der Waals surface area contributed by atoms with Gasteiger partial charge in [-0.15, -0.1) is 0 Å². The number of carboxylic acid groups (broad SMARTS) is 1. The van der Waals surface area contributed by atoms with E-state index in [-0.39, 0.29) is 30.9 Å². The fourth-order valence-corrected chi connectivity index (χ4v) is 3.24. The lowest BCUT2D eigenvalue weighted by Gasteiger charge is -2.31. The Morgan fingerprint density at radius 3 is 2.03 bits per heavy atom. The molecule has 0 amide bonds. The standard InChI is InChI=1S/C25H37NO9/c1-7-20(27)34-18-10-9-17(13-19(18)35-21(28)8-2)22(23(26)24(29)30)15(5)16(6)33-25(31)32-12-11-14(3)4/h9-10,13-16,22-23H,7-8,11-12,26H2,1-6H3,(H,29,30)/t15?,16?,22?,23-/m0/s1. The molecule has 0 radical (unpaired) electrons. The Hall–Kier alpha value is -3.14. The topological polar surface area (TPSA) is 151 Å². The lowest BCUT2D eigenvalue weighted by molar-refractivity contribution is -0.140. The number of esters is 2. The molecule has 1 aromatic carbocycles. The number of ether oxygens (including phenoxy) is 4. The van der Waals surface area contributed by atoms with E-state index in [1.807, 2.05) is 13.8 Å². The number of carbonyl (C=O) groups is 4. The predicted octanol–water partition coefficient (Wildman–Crippen LogP) is 4.04. The third-order valence-electron chi connectivity index (χ3n) is 5.55. The van der Waals surface area contributed by atoms with Gasteiger partial charge in [-0.2, -0.15) is 0 Å². The first-order valence-electron chi connectivity index (χ1n) is 11.8. The third kappa shape index (κ3) is 9.56. The van der Waals surface area contributed by atoms with Crippen LogP contribution >= 0.6 is 0 Å². The molecular weight excluding hydrogens is 458 g/mol. The van der Waals surface area contributed by atoms with E-state index in [9.17, 15) is 24.3 Å². The molecule has 0 bridgehead atoms. The number of nitrogens with two attached hydrogens (primary N) is 1. The van der Waals surface area contributed by atoms with Gasteiger partial charge in [0.25, 0.3) is 0 Å². The first-order valence-corrected chi connectivity index (χ1v) is 11.8. The summed E-state index contributed by atoms with van der Waals surface area (Å²) in [4.78, 5) is 47.7. The minimum absolute atomic E-state index is 0.0238. The van der Waals surface area contributed by atoms with Crippen molar-refractivity contribution in [3.05, 3.63) is 23.8 Å². The maximum absolute atomic E-state index is 12.1. The molecule has 10 heteroatoms. The Morgan fingerprint density at radius 1 is 0.943 bits per heavy atom. The fraction of sp³-hybridized carbons (Fsp3) is 0.600. The summed E-state index contributed by atoms with van der Waals surface area (Å²) in [5.41, 5.74) is 6.44. The van der Waals surface area contributed by atoms with Crippen LogP contribution in [0.25, 0.3) is 0 Å². The monoisotopic (exact) mass is 495 g/mol. The first-order chi connectivity index (χ1) is 16.4. The van der Waals surface area contributed by atoms with Gasteiger partial charge in [-0.05, 0) is 37.0 Å². The summed E-state index contributed by atoms with van der Waals surface area (Å²) in [5.74, 6) is -3.43. The summed E-state index contributed by atoms with van der Waals surface area (Å²) in [6.45, 7) is 10.7. The largest absolute Gasteiger partial charge is 0.508 e. The second-order valence-corrected chi connectivity index (χ2v) is 8.71. The Kier molecular flexibility index (Phi) is 12.2. The van der Waals surface area contributed by atoms with Gasteiger partial charge in [0.1, 0.15) is 12.1 Å². The molecule has 4 atom stereocenters. The van der Waals surface area contributed by atoms with E-state index in [0.717, 1.165) is 0 Å². The normalized spacial score (nSPS) is 14.4. The van der Waals surface area contributed by atoms with E-state index < -0.39 is 48.0 Å². The minimum Gasteiger partial charge on any atom is -0.480 e. The van der Waals surface area contributed by atoms with E-state index in [1.165, 1.54) is 12.1 Å². The molecule has 0 aliphatic heterocycles. The zero-order valence-electron chi connectivity index (χ0n) is 21.2. The Morgan fingerprint density at radius 2 is 1.51 bits per heavy atom. The van der Waals surface area contributed by atoms with Gasteiger partial charge in [-0.3, -0.25) is 14.4 Å². The second-order valence-electron chi connectivity index (χ2n) is 8.71. The minimum atomic E-state index is -1.37. The van der Waals surface area contributed by atoms with E-state index >= 15 is 0 Å². The van der Waals surface area contributed by atoms with Gasteiger partial charge in [0, 0.05) is 24.7 Å². The molecule has 10 nitrogen and oxygen atoms in total. The van der Waals surface area contributed by atoms with Gasteiger partial charge in [0.2, 0.25) is 0 Å². The molecule has 0 saturated carbocycles. The Bertz CT molecular complexity index is 884. The van der Waals surface area contributed by atoms with E-state index in [4.69, 9.17) is 24.7 Å². The van der Waals surface area contributed by atoms with Gasteiger partial charge in [0.15, 0.2) is 11.5 Å². The van der Waals surface area contributed by atoms with Gasteiger partial charge in [0.05, 0.1) is 6.61 Å². The number of benzene rings is 1. The zero-order valence-corrected chi connectivity index (χ0v) is 21.2. The average Bonchev–Trinajstić information content (AvgIpc) is 2.79. The third-order valence-corrected chi connectivity index (χ3v) is 5.55. The van der Waals surface area contributed by atoms with Crippen molar-refractivity contribution in [2.45, 2.75) is 78.9 Å². The molecule has 0 aromatic heterocycles. The SMILES string of the molecule is CCC(=O)Oc1ccc(C(C(C)C(C)OC(=O)OCCC(C)C)[C@H](N)C(=O)O)cc1OC(=O)CC. The van der Waals surface area contributed by atoms with Crippen molar-refractivity contribution in [1.82, 2.24) is 0 Å². The zero-order chi connectivity index (χ0) is 26.7. The van der Waals surface area contributed by atoms with Crippen molar-refractivity contribution in [2.75, 3.05) is 6.61 Å². The fourth-order valence-electron chi connectivity index (χ4n) is 3.24. The summed E-state index contributed by atoms with van der Waals surface area (Å²) < 4.78 is 21.0. The summed E-state index contributed by atoms with van der Waals surface area (Å²) >= 11 is 0. The number of carbonyl (C=O) groups excluding carboxylic acids is 3. The van der Waals surface area contributed by atoms with E-state index in [2.05, 4.69) is 0 Å². The van der Waals surface area contributed by atoms with Crippen LogP contribution in [0, 0.1) is 11.8 Å². The van der Waals surface area contributed by atoms with Gasteiger partial charge in [-0.25, -0.2) is 4.79 Å². The maximum Gasteiger partial charge on any atom is 0.508 e. The highest BCUT2D eigenvalue weighted by Crippen LogP contribution is 2.37. The molecule has 0 heterocycles. The number of aliphatic carboxylic acids is 1. The lowest BCUT2D eigenvalue weighted by atomic mass is 9.79. The van der Waals surface area contributed by atoms with Crippen molar-refractivity contribution in [3.63, 3.8) is 0 Å². The number of hydrogen-bond donors (Lipinski definition) is 2. The van der Waals surface area contributed by atoms with Gasteiger partial charge < -0.3 is 29.8 Å². The molecule has 0 aliphatic rings. The number of carboxylic acids is 1. The molecule has 3 unspecified atom stereocenters. The molecule has 0 saturated heterocycles. The van der Waals surface area contributed by atoms with Crippen LogP contribution in [-0.2, 0) is 23.9 Å². The molecule has 0 fully saturated rings. The Labute approximate surface area is 206 Å². The van der Waals surface area contributed by atoms with Gasteiger partial charge >= 0.3 is 24.1 Å². The van der Waals surface area contributed by atoms with Crippen molar-refractivity contribution in [3.8, 4) is 11.5 Å². The van der Waals surface area contributed by atoms with Crippen molar-refractivity contribution in [1.29, 1.82) is 0 Å². The highest BCUT2D eigenvalue weighted by molar-refractivity contribution is 5.77. The molecule has 196 valence electrons. The van der Waals surface area contributed by atoms with Crippen molar-refractivity contribution < 1.29 is 43.2 Å². The van der Waals surface area contributed by atoms with Crippen LogP contribution in [0.2, 0.25) is 0 Å². The Balaban J connectivity index is 3.26. The highest BCUT2D eigenvalue weighted by atomic mass is 16.7. The quantitative estimate of drug-likeness (QED) is 0.303. The van der Waals surface area contributed by atoms with Crippen molar-refractivity contribution in [2.24, 2.45) is 17.6 Å². The maximum atomic E-state index is 12.1.